The Morgan fingerprint density at radius 2 is 2.10 bits per heavy atom. The van der Waals surface area contributed by atoms with Crippen LogP contribution >= 0.6 is 0 Å². The lowest BCUT2D eigenvalue weighted by atomic mass is 9.86. The van der Waals surface area contributed by atoms with Gasteiger partial charge in [0.05, 0.1) is 5.56 Å². The van der Waals surface area contributed by atoms with Crippen molar-refractivity contribution in [3.05, 3.63) is 59.2 Å². The maximum Gasteiger partial charge on any atom is 0.313 e. The Labute approximate surface area is 161 Å². The molecule has 1 amide bonds. The summed E-state index contributed by atoms with van der Waals surface area (Å²) in [4.78, 5) is 19.3. The van der Waals surface area contributed by atoms with Gasteiger partial charge in [0.2, 0.25) is 5.60 Å². The van der Waals surface area contributed by atoms with Crippen molar-refractivity contribution in [2.45, 2.75) is 11.5 Å². The van der Waals surface area contributed by atoms with Crippen LogP contribution in [0.3, 0.4) is 0 Å². The van der Waals surface area contributed by atoms with E-state index in [0.717, 1.165) is 18.2 Å². The Morgan fingerprint density at radius 3 is 2.72 bits per heavy atom. The van der Waals surface area contributed by atoms with E-state index in [1.54, 1.807) is 0 Å². The van der Waals surface area contributed by atoms with Crippen LogP contribution < -0.4 is 11.1 Å². The smallest absolute Gasteiger partial charge is 0.313 e. The summed E-state index contributed by atoms with van der Waals surface area (Å²) in [5.74, 6) is -5.83. The lowest BCUT2D eigenvalue weighted by Crippen LogP contribution is -2.56. The molecule has 1 aliphatic rings. The molecule has 7 nitrogen and oxygen atoms in total. The topological polar surface area (TPSA) is 113 Å². The molecule has 11 heteroatoms. The minimum atomic E-state index is -3.90. The van der Waals surface area contributed by atoms with E-state index < -0.39 is 48.1 Å². The van der Waals surface area contributed by atoms with Gasteiger partial charge >= 0.3 is 5.92 Å². The number of nitrogens with two attached hydrogens (primary N) is 1. The third kappa shape index (κ3) is 3.56. The van der Waals surface area contributed by atoms with E-state index >= 15 is 0 Å². The second-order valence-electron chi connectivity index (χ2n) is 6.11. The summed E-state index contributed by atoms with van der Waals surface area (Å²) in [6.07, 6.45) is 1.17. The number of carbonyl (C=O) groups is 1. The summed E-state index contributed by atoms with van der Waals surface area (Å²) >= 11 is 0. The zero-order chi connectivity index (χ0) is 21.2. The largest absolute Gasteiger partial charge is 0.444 e. The lowest BCUT2D eigenvalue weighted by Gasteiger charge is -2.40. The first-order valence-corrected chi connectivity index (χ1v) is 8.13. The van der Waals surface area contributed by atoms with Crippen LogP contribution in [0.15, 0.2) is 41.5 Å². The van der Waals surface area contributed by atoms with Gasteiger partial charge in [-0.3, -0.25) is 4.79 Å². The van der Waals surface area contributed by atoms with Crippen molar-refractivity contribution < 1.29 is 27.1 Å². The fourth-order valence-electron chi connectivity index (χ4n) is 2.74. The van der Waals surface area contributed by atoms with Gasteiger partial charge < -0.3 is 15.8 Å². The number of hydrogen-bond acceptors (Lipinski definition) is 6. The molecule has 0 aliphatic carbocycles. The number of nitriles is 1. The van der Waals surface area contributed by atoms with E-state index in [9.17, 15) is 22.4 Å². The van der Waals surface area contributed by atoms with E-state index in [4.69, 9.17) is 15.7 Å². The van der Waals surface area contributed by atoms with Crippen LogP contribution in [0, 0.1) is 17.1 Å². The third-order valence-electron chi connectivity index (χ3n) is 4.28. The Hall–Kier alpha value is -3.68. The summed E-state index contributed by atoms with van der Waals surface area (Å²) in [5, 5.41) is 11.1. The number of carbonyl (C=O) groups excluding carboxylic acids is 1. The summed E-state index contributed by atoms with van der Waals surface area (Å²) in [6.45, 7) is -2.98. The van der Waals surface area contributed by atoms with Gasteiger partial charge in [0.1, 0.15) is 30.8 Å². The summed E-state index contributed by atoms with van der Waals surface area (Å²) in [7, 11) is 0. The number of benzene rings is 1. The quantitative estimate of drug-likeness (QED) is 0.756. The number of amidine groups is 1. The fourth-order valence-corrected chi connectivity index (χ4v) is 2.74. The Balaban J connectivity index is 1.96. The van der Waals surface area contributed by atoms with Crippen molar-refractivity contribution in [1.82, 2.24) is 4.98 Å². The molecule has 150 valence electrons. The van der Waals surface area contributed by atoms with Gasteiger partial charge in [0.15, 0.2) is 0 Å². The van der Waals surface area contributed by atoms with Crippen LogP contribution in [-0.4, -0.2) is 36.1 Å². The zero-order valence-corrected chi connectivity index (χ0v) is 14.6. The molecular formula is C18H13F4N5O2. The number of amides is 1. The molecule has 1 atom stereocenters. The number of hydrogen-bond donors (Lipinski definition) is 2. The number of pyridine rings is 1. The normalized spacial score (nSPS) is 20.2. The highest BCUT2D eigenvalue weighted by Gasteiger charge is 2.61. The molecule has 0 bridgehead atoms. The molecule has 1 aromatic heterocycles. The van der Waals surface area contributed by atoms with E-state index in [0.29, 0.717) is 0 Å². The Bertz CT molecular complexity index is 1020. The van der Waals surface area contributed by atoms with Crippen LogP contribution in [0.2, 0.25) is 0 Å². The number of aromatic nitrogens is 1. The average molecular weight is 407 g/mol. The summed E-state index contributed by atoms with van der Waals surface area (Å²) < 4.78 is 61.9. The number of alkyl halides is 3. The van der Waals surface area contributed by atoms with Crippen LogP contribution in [0.1, 0.15) is 21.6 Å². The highest BCUT2D eigenvalue weighted by atomic mass is 19.3. The number of anilines is 1. The minimum Gasteiger partial charge on any atom is -0.444 e. The van der Waals surface area contributed by atoms with E-state index in [-0.39, 0.29) is 16.9 Å². The highest BCUT2D eigenvalue weighted by Crippen LogP contribution is 2.45. The molecule has 1 aromatic carbocycles. The van der Waals surface area contributed by atoms with E-state index in [1.807, 2.05) is 6.07 Å². The second-order valence-corrected chi connectivity index (χ2v) is 6.11. The van der Waals surface area contributed by atoms with Crippen molar-refractivity contribution >= 4 is 17.6 Å². The average Bonchev–Trinajstić information content (AvgIpc) is 2.71. The number of aliphatic imine (C=N–C) groups is 1. The fraction of sp³-hybridized carbons (Fsp3) is 0.222. The van der Waals surface area contributed by atoms with Crippen molar-refractivity contribution in [3.8, 4) is 6.07 Å². The molecule has 1 aliphatic heterocycles. The number of halogens is 4. The van der Waals surface area contributed by atoms with Crippen LogP contribution in [-0.2, 0) is 10.3 Å². The second kappa shape index (κ2) is 7.38. The van der Waals surface area contributed by atoms with Crippen molar-refractivity contribution in [3.63, 3.8) is 0 Å². The molecular weight excluding hydrogens is 394 g/mol. The molecule has 2 aromatic rings. The molecule has 0 saturated carbocycles. The first kappa shape index (κ1) is 20.1. The van der Waals surface area contributed by atoms with Gasteiger partial charge in [-0.1, -0.05) is 0 Å². The van der Waals surface area contributed by atoms with E-state index in [2.05, 4.69) is 15.3 Å². The highest BCUT2D eigenvalue weighted by molar-refractivity contribution is 6.02. The molecule has 29 heavy (non-hydrogen) atoms. The predicted molar refractivity (Wildman–Crippen MR) is 93.5 cm³/mol. The van der Waals surface area contributed by atoms with Crippen LogP contribution in [0.5, 0.6) is 0 Å². The number of rotatable bonds is 4. The predicted octanol–water partition coefficient (Wildman–Crippen LogP) is 2.49. The van der Waals surface area contributed by atoms with Crippen LogP contribution in [0.25, 0.3) is 0 Å². The third-order valence-corrected chi connectivity index (χ3v) is 4.28. The Morgan fingerprint density at radius 1 is 1.34 bits per heavy atom. The molecule has 3 rings (SSSR count). The van der Waals surface area contributed by atoms with Gasteiger partial charge in [0.25, 0.3) is 11.9 Å². The molecule has 0 unspecified atom stereocenters. The monoisotopic (exact) mass is 407 g/mol. The summed E-state index contributed by atoms with van der Waals surface area (Å²) in [5.41, 5.74) is 1.50. The van der Waals surface area contributed by atoms with Crippen molar-refractivity contribution in [2.24, 2.45) is 10.7 Å². The molecule has 2 heterocycles. The number of nitrogens with zero attached hydrogens (tertiary/aromatic N) is 3. The molecule has 3 N–H and O–H groups in total. The molecule has 0 fully saturated rings. The molecule has 0 saturated heterocycles. The lowest BCUT2D eigenvalue weighted by molar-refractivity contribution is -0.191. The van der Waals surface area contributed by atoms with Gasteiger partial charge in [-0.15, -0.1) is 0 Å². The van der Waals surface area contributed by atoms with Gasteiger partial charge in [-0.05, 0) is 30.3 Å². The number of nitrogens with one attached hydrogen (secondary N) is 1. The first-order chi connectivity index (χ1) is 13.7. The minimum absolute atomic E-state index is 0.0781. The van der Waals surface area contributed by atoms with Gasteiger partial charge in [-0.2, -0.15) is 14.0 Å². The maximum absolute atomic E-state index is 14.5. The van der Waals surface area contributed by atoms with Crippen LogP contribution in [0.4, 0.5) is 23.2 Å². The van der Waals surface area contributed by atoms with Crippen molar-refractivity contribution in [2.75, 3.05) is 18.5 Å². The maximum atomic E-state index is 14.5. The van der Waals surface area contributed by atoms with E-state index in [1.165, 1.54) is 18.3 Å². The molecule has 0 radical (unpaired) electrons. The zero-order valence-electron chi connectivity index (χ0n) is 14.6. The SMILES string of the molecule is N#Cc1ccc(C(=O)Nc2ccc(F)c([C@@]3(CF)OC(N)=NCC3(F)F)c2)nc1. The number of ether oxygens (including phenoxy) is 1. The molecule has 0 spiro atoms. The first-order valence-electron chi connectivity index (χ1n) is 8.13. The van der Waals surface area contributed by atoms with Crippen molar-refractivity contribution in [1.29, 1.82) is 5.26 Å². The Kier molecular flexibility index (Phi) is 5.11. The summed E-state index contributed by atoms with van der Waals surface area (Å²) in [6, 6.07) is 6.49. The standard InChI is InChI=1S/C18H13F4N5O2/c19-8-17(18(21,22)9-26-16(24)29-17)12-5-11(2-3-13(12)20)27-15(28)14-4-1-10(6-23)7-25-14/h1-5,7H,8-9H2,(H2,24,26)(H,27,28)/t17-/m1/s1. The van der Waals surface area contributed by atoms with Gasteiger partial charge in [-0.25, -0.2) is 18.8 Å². The van der Waals surface area contributed by atoms with Gasteiger partial charge in [0, 0.05) is 17.4 Å².